The second kappa shape index (κ2) is 6.00. The first-order valence-electron chi connectivity index (χ1n) is 4.72. The van der Waals surface area contributed by atoms with Crippen LogP contribution >= 0.6 is 0 Å². The highest BCUT2D eigenvalue weighted by Crippen LogP contribution is 1.99. The van der Waals surface area contributed by atoms with E-state index in [4.69, 9.17) is 11.5 Å². The second-order valence-electron chi connectivity index (χ2n) is 3.62. The van der Waals surface area contributed by atoms with Crippen molar-refractivity contribution in [3.8, 4) is 0 Å². The molecule has 6 heteroatoms. The summed E-state index contributed by atoms with van der Waals surface area (Å²) in [7, 11) is 0. The van der Waals surface area contributed by atoms with Crippen LogP contribution < -0.4 is 16.8 Å². The molecule has 86 valence electrons. The molecular weight excluding hydrogens is 198 g/mol. The minimum Gasteiger partial charge on any atom is -0.370 e. The third-order valence-electron chi connectivity index (χ3n) is 1.86. The Bertz CT molecular complexity index is 263. The van der Waals surface area contributed by atoms with Crippen LogP contribution in [-0.4, -0.2) is 23.8 Å². The Morgan fingerprint density at radius 3 is 2.07 bits per heavy atom. The smallest absolute Gasteiger partial charge is 0.240 e. The minimum absolute atomic E-state index is 0.0198. The number of primary amides is 2. The number of nitrogens with one attached hydrogen (secondary N) is 1. The van der Waals surface area contributed by atoms with Gasteiger partial charge in [0, 0.05) is 12.3 Å². The lowest BCUT2D eigenvalue weighted by Gasteiger charge is -2.15. The molecule has 0 aliphatic carbocycles. The summed E-state index contributed by atoms with van der Waals surface area (Å²) < 4.78 is 0. The molecule has 1 atom stereocenters. The van der Waals surface area contributed by atoms with Crippen LogP contribution in [0.5, 0.6) is 0 Å². The first-order valence-corrected chi connectivity index (χ1v) is 4.72. The molecule has 0 aliphatic rings. The van der Waals surface area contributed by atoms with Crippen molar-refractivity contribution in [1.82, 2.24) is 5.32 Å². The summed E-state index contributed by atoms with van der Waals surface area (Å²) in [6, 6.07) is -0.826. The number of hydrogen-bond donors (Lipinski definition) is 3. The number of nitrogens with two attached hydrogens (primary N) is 2. The Kier molecular flexibility index (Phi) is 5.36. The summed E-state index contributed by atoms with van der Waals surface area (Å²) in [5, 5.41) is 2.45. The molecule has 6 nitrogen and oxygen atoms in total. The minimum atomic E-state index is -0.826. The molecule has 0 aromatic rings. The van der Waals surface area contributed by atoms with Gasteiger partial charge in [-0.25, -0.2) is 0 Å². The highest BCUT2D eigenvalue weighted by molar-refractivity contribution is 5.87. The van der Waals surface area contributed by atoms with Crippen LogP contribution in [-0.2, 0) is 14.4 Å². The fourth-order valence-electron chi connectivity index (χ4n) is 0.911. The zero-order valence-electron chi connectivity index (χ0n) is 8.95. The first-order chi connectivity index (χ1) is 6.84. The molecular formula is C9H17N3O3. The number of carbonyl (C=O) groups excluding carboxylic acids is 3. The van der Waals surface area contributed by atoms with Crippen molar-refractivity contribution in [1.29, 1.82) is 0 Å². The molecule has 0 spiro atoms. The van der Waals surface area contributed by atoms with E-state index in [1.807, 2.05) is 0 Å². The molecule has 15 heavy (non-hydrogen) atoms. The Balaban J connectivity index is 4.22. The third-order valence-corrected chi connectivity index (χ3v) is 1.86. The average molecular weight is 215 g/mol. The molecule has 5 N–H and O–H groups in total. The van der Waals surface area contributed by atoms with Crippen LogP contribution in [0.25, 0.3) is 0 Å². The van der Waals surface area contributed by atoms with E-state index < -0.39 is 17.9 Å². The van der Waals surface area contributed by atoms with E-state index in [1.54, 1.807) is 13.8 Å². The van der Waals surface area contributed by atoms with Gasteiger partial charge in [0.1, 0.15) is 6.04 Å². The molecule has 0 aliphatic heterocycles. The van der Waals surface area contributed by atoms with E-state index in [0.717, 1.165) is 0 Å². The van der Waals surface area contributed by atoms with E-state index in [9.17, 15) is 14.4 Å². The maximum absolute atomic E-state index is 11.3. The second-order valence-corrected chi connectivity index (χ2v) is 3.62. The average Bonchev–Trinajstić information content (AvgIpc) is 2.10. The van der Waals surface area contributed by atoms with Crippen molar-refractivity contribution in [3.05, 3.63) is 0 Å². The molecule has 0 saturated carbocycles. The van der Waals surface area contributed by atoms with Gasteiger partial charge in [-0.1, -0.05) is 13.8 Å². The van der Waals surface area contributed by atoms with Gasteiger partial charge in [-0.15, -0.1) is 0 Å². The quantitative estimate of drug-likeness (QED) is 0.521. The number of hydrogen-bond acceptors (Lipinski definition) is 3. The number of carbonyl (C=O) groups is 3. The van der Waals surface area contributed by atoms with Gasteiger partial charge in [-0.3, -0.25) is 14.4 Å². The molecule has 0 radical (unpaired) electrons. The maximum Gasteiger partial charge on any atom is 0.240 e. The zero-order chi connectivity index (χ0) is 12.0. The first kappa shape index (κ1) is 13.4. The van der Waals surface area contributed by atoms with E-state index >= 15 is 0 Å². The van der Waals surface area contributed by atoms with E-state index in [0.29, 0.717) is 0 Å². The standard InChI is InChI=1S/C9H17N3O3/c1-5(2)9(15)12-6(8(11)14)3-4-7(10)13/h5-6H,3-4H2,1-2H3,(H2,10,13)(H2,11,14)(H,12,15)/t6-/m0/s1. The van der Waals surface area contributed by atoms with Crippen molar-refractivity contribution in [2.75, 3.05) is 0 Å². The largest absolute Gasteiger partial charge is 0.370 e. The van der Waals surface area contributed by atoms with Crippen LogP contribution in [0.1, 0.15) is 26.7 Å². The van der Waals surface area contributed by atoms with Crippen molar-refractivity contribution in [2.45, 2.75) is 32.7 Å². The fraction of sp³-hybridized carbons (Fsp3) is 0.667. The van der Waals surface area contributed by atoms with Gasteiger partial charge < -0.3 is 16.8 Å². The molecule has 0 rings (SSSR count). The summed E-state index contributed by atoms with van der Waals surface area (Å²) in [6.45, 7) is 3.39. The zero-order valence-corrected chi connectivity index (χ0v) is 8.95. The van der Waals surface area contributed by atoms with E-state index in [2.05, 4.69) is 5.32 Å². The summed E-state index contributed by atoms with van der Waals surface area (Å²) in [5.41, 5.74) is 9.99. The lowest BCUT2D eigenvalue weighted by Crippen LogP contribution is -2.46. The SMILES string of the molecule is CC(C)C(=O)N[C@@H](CCC(N)=O)C(N)=O. The molecule has 3 amide bonds. The predicted octanol–water partition coefficient (Wildman–Crippen LogP) is -1.12. The topological polar surface area (TPSA) is 115 Å². The Hall–Kier alpha value is -1.59. The van der Waals surface area contributed by atoms with Crippen molar-refractivity contribution < 1.29 is 14.4 Å². The van der Waals surface area contributed by atoms with E-state index in [1.165, 1.54) is 0 Å². The molecule has 0 aromatic carbocycles. The van der Waals surface area contributed by atoms with Crippen LogP contribution in [0.15, 0.2) is 0 Å². The van der Waals surface area contributed by atoms with Gasteiger partial charge in [0.15, 0.2) is 0 Å². The third kappa shape index (κ3) is 5.66. The predicted molar refractivity (Wildman–Crippen MR) is 54.4 cm³/mol. The van der Waals surface area contributed by atoms with Gasteiger partial charge in [0.05, 0.1) is 0 Å². The summed E-state index contributed by atoms with van der Waals surface area (Å²) in [5.74, 6) is -1.70. The fourth-order valence-corrected chi connectivity index (χ4v) is 0.911. The van der Waals surface area contributed by atoms with Crippen LogP contribution in [0, 0.1) is 5.92 Å². The Labute approximate surface area is 88.4 Å². The van der Waals surface area contributed by atoms with Gasteiger partial charge in [0.2, 0.25) is 17.7 Å². The molecule has 0 heterocycles. The summed E-state index contributed by atoms with van der Waals surface area (Å²) in [4.78, 5) is 32.7. The molecule has 0 bridgehead atoms. The molecule has 0 saturated heterocycles. The molecule has 0 unspecified atom stereocenters. The van der Waals surface area contributed by atoms with Crippen LogP contribution in [0.2, 0.25) is 0 Å². The van der Waals surface area contributed by atoms with Crippen LogP contribution in [0.4, 0.5) is 0 Å². The number of rotatable bonds is 6. The molecule has 0 fully saturated rings. The lowest BCUT2D eigenvalue weighted by atomic mass is 10.1. The summed E-state index contributed by atoms with van der Waals surface area (Å²) in [6.07, 6.45) is 0.162. The Morgan fingerprint density at radius 2 is 1.73 bits per heavy atom. The van der Waals surface area contributed by atoms with Gasteiger partial charge in [0.25, 0.3) is 0 Å². The maximum atomic E-state index is 11.3. The van der Waals surface area contributed by atoms with Crippen molar-refractivity contribution in [2.24, 2.45) is 17.4 Å². The highest BCUT2D eigenvalue weighted by atomic mass is 16.2. The van der Waals surface area contributed by atoms with Crippen molar-refractivity contribution >= 4 is 17.7 Å². The Morgan fingerprint density at radius 1 is 1.20 bits per heavy atom. The van der Waals surface area contributed by atoms with Gasteiger partial charge >= 0.3 is 0 Å². The number of amides is 3. The summed E-state index contributed by atoms with van der Waals surface area (Å²) >= 11 is 0. The highest BCUT2D eigenvalue weighted by Gasteiger charge is 2.19. The lowest BCUT2D eigenvalue weighted by molar-refractivity contribution is -0.129. The normalized spacial score (nSPS) is 12.2. The van der Waals surface area contributed by atoms with Gasteiger partial charge in [-0.2, -0.15) is 0 Å². The van der Waals surface area contributed by atoms with Gasteiger partial charge in [-0.05, 0) is 6.42 Å². The van der Waals surface area contributed by atoms with Crippen molar-refractivity contribution in [3.63, 3.8) is 0 Å². The van der Waals surface area contributed by atoms with E-state index in [-0.39, 0.29) is 24.7 Å². The molecule has 0 aromatic heterocycles. The monoisotopic (exact) mass is 215 g/mol. The van der Waals surface area contributed by atoms with Crippen LogP contribution in [0.3, 0.4) is 0 Å².